The Labute approximate surface area is 192 Å². The molecule has 2 aromatic rings. The first kappa shape index (κ1) is 24.0. The molecule has 3 amide bonds. The summed E-state index contributed by atoms with van der Waals surface area (Å²) in [6.07, 6.45) is 0.741. The number of urea groups is 1. The van der Waals surface area contributed by atoms with Gasteiger partial charge >= 0.3 is 6.03 Å². The lowest BCUT2D eigenvalue weighted by atomic mass is 10.0. The predicted octanol–water partition coefficient (Wildman–Crippen LogP) is 3.46. The highest BCUT2D eigenvalue weighted by molar-refractivity contribution is 7.10. The summed E-state index contributed by atoms with van der Waals surface area (Å²) in [5.74, 6) is -0.470. The van der Waals surface area contributed by atoms with Gasteiger partial charge in [0.15, 0.2) is 11.6 Å². The summed E-state index contributed by atoms with van der Waals surface area (Å²) in [6.45, 7) is 4.94. The minimum atomic E-state index is -0.442. The zero-order valence-electron chi connectivity index (χ0n) is 18.7. The number of benzene rings is 1. The van der Waals surface area contributed by atoms with E-state index in [0.29, 0.717) is 19.7 Å². The van der Waals surface area contributed by atoms with Crippen molar-refractivity contribution in [2.45, 2.75) is 32.4 Å². The van der Waals surface area contributed by atoms with E-state index in [1.54, 1.807) is 41.5 Å². The van der Waals surface area contributed by atoms with E-state index in [9.17, 15) is 14.0 Å². The van der Waals surface area contributed by atoms with Crippen LogP contribution in [0, 0.1) is 5.82 Å². The molecule has 174 valence electrons. The summed E-state index contributed by atoms with van der Waals surface area (Å²) in [4.78, 5) is 30.3. The second-order valence-electron chi connectivity index (χ2n) is 7.91. The summed E-state index contributed by atoms with van der Waals surface area (Å²) < 4.78 is 24.9. The highest BCUT2D eigenvalue weighted by atomic mass is 32.1. The number of para-hydroxylation sites is 1. The van der Waals surface area contributed by atoms with E-state index < -0.39 is 5.82 Å². The van der Waals surface area contributed by atoms with Crippen molar-refractivity contribution in [3.05, 3.63) is 52.0 Å². The smallest absolute Gasteiger partial charge is 0.318 e. The minimum Gasteiger partial charge on any atom is -0.488 e. The lowest BCUT2D eigenvalue weighted by Crippen LogP contribution is -2.51. The zero-order chi connectivity index (χ0) is 23.1. The Morgan fingerprint density at radius 1 is 1.31 bits per heavy atom. The zero-order valence-corrected chi connectivity index (χ0v) is 19.5. The van der Waals surface area contributed by atoms with Gasteiger partial charge in [-0.3, -0.25) is 4.79 Å². The van der Waals surface area contributed by atoms with Gasteiger partial charge in [-0.1, -0.05) is 12.1 Å². The first-order valence-electron chi connectivity index (χ1n) is 10.7. The molecule has 0 spiro atoms. The maximum atomic E-state index is 14.1. The van der Waals surface area contributed by atoms with Crippen molar-refractivity contribution in [2.75, 3.05) is 40.0 Å². The van der Waals surface area contributed by atoms with Crippen molar-refractivity contribution >= 4 is 23.3 Å². The largest absolute Gasteiger partial charge is 0.488 e. The molecule has 32 heavy (non-hydrogen) atoms. The number of thiophene rings is 1. The molecule has 2 heterocycles. The highest BCUT2D eigenvalue weighted by Crippen LogP contribution is 2.34. The molecule has 7 nitrogen and oxygen atoms in total. The van der Waals surface area contributed by atoms with Gasteiger partial charge in [0.25, 0.3) is 0 Å². The monoisotopic (exact) mass is 463 g/mol. The second kappa shape index (κ2) is 11.3. The third-order valence-electron chi connectivity index (χ3n) is 5.24. The van der Waals surface area contributed by atoms with Crippen LogP contribution in [0.5, 0.6) is 5.75 Å². The minimum absolute atomic E-state index is 0.0482. The molecule has 3 rings (SSSR count). The van der Waals surface area contributed by atoms with Crippen molar-refractivity contribution in [1.29, 1.82) is 0 Å². The molecule has 0 aliphatic carbocycles. The number of hydrogen-bond acceptors (Lipinski definition) is 5. The van der Waals surface area contributed by atoms with E-state index in [2.05, 4.69) is 5.32 Å². The molecular formula is C23H30FN3O4S. The number of amides is 3. The number of hydrogen-bond donors (Lipinski definition) is 1. The molecule has 0 bridgehead atoms. The summed E-state index contributed by atoms with van der Waals surface area (Å²) in [5, 5.41) is 4.83. The molecule has 0 fully saturated rings. The number of fused-ring (bicyclic) bond motifs is 1. The van der Waals surface area contributed by atoms with Gasteiger partial charge in [0.05, 0.1) is 12.6 Å². The molecule has 1 aromatic carbocycles. The maximum Gasteiger partial charge on any atom is 0.318 e. The SMILES string of the molecule is COCCN(CC(=O)N1CCc2sccc2[C@H]1COc1ccccc1F)C(=O)NC(C)C. The van der Waals surface area contributed by atoms with Crippen molar-refractivity contribution < 1.29 is 23.5 Å². The summed E-state index contributed by atoms with van der Waals surface area (Å²) in [5.41, 5.74) is 1.01. The van der Waals surface area contributed by atoms with E-state index in [1.165, 1.54) is 15.8 Å². The van der Waals surface area contributed by atoms with Crippen LogP contribution in [0.15, 0.2) is 35.7 Å². The van der Waals surface area contributed by atoms with E-state index in [0.717, 1.165) is 12.0 Å². The lowest BCUT2D eigenvalue weighted by molar-refractivity contribution is -0.135. The number of nitrogens with zero attached hydrogens (tertiary/aromatic N) is 2. The van der Waals surface area contributed by atoms with E-state index in [4.69, 9.17) is 9.47 Å². The van der Waals surface area contributed by atoms with Crippen LogP contribution < -0.4 is 10.1 Å². The molecular weight excluding hydrogens is 433 g/mol. The van der Waals surface area contributed by atoms with Gasteiger partial charge in [-0.2, -0.15) is 0 Å². The Hall–Kier alpha value is -2.65. The topological polar surface area (TPSA) is 71.1 Å². The third kappa shape index (κ3) is 5.98. The van der Waals surface area contributed by atoms with Gasteiger partial charge in [0.1, 0.15) is 13.2 Å². The Morgan fingerprint density at radius 3 is 2.81 bits per heavy atom. The molecule has 9 heteroatoms. The maximum absolute atomic E-state index is 14.1. The summed E-state index contributed by atoms with van der Waals surface area (Å²) in [7, 11) is 1.55. The van der Waals surface area contributed by atoms with Gasteiger partial charge in [-0.25, -0.2) is 9.18 Å². The fourth-order valence-electron chi connectivity index (χ4n) is 3.65. The average Bonchev–Trinajstić information content (AvgIpc) is 3.24. The van der Waals surface area contributed by atoms with Crippen LogP contribution in [0.2, 0.25) is 0 Å². The van der Waals surface area contributed by atoms with Gasteiger partial charge in [-0.05, 0) is 49.4 Å². The van der Waals surface area contributed by atoms with Gasteiger partial charge in [-0.15, -0.1) is 11.3 Å². The quantitative estimate of drug-likeness (QED) is 0.618. The number of methoxy groups -OCH3 is 1. The summed E-state index contributed by atoms with van der Waals surface area (Å²) in [6, 6.07) is 7.51. The lowest BCUT2D eigenvalue weighted by Gasteiger charge is -2.37. The average molecular weight is 464 g/mol. The predicted molar refractivity (Wildman–Crippen MR) is 121 cm³/mol. The first-order chi connectivity index (χ1) is 15.4. The molecule has 0 saturated carbocycles. The number of nitrogens with one attached hydrogen (secondary N) is 1. The fourth-order valence-corrected chi connectivity index (χ4v) is 4.58. The normalized spacial score (nSPS) is 15.4. The number of rotatable bonds is 9. The van der Waals surface area contributed by atoms with Crippen LogP contribution in [0.1, 0.15) is 30.3 Å². The van der Waals surface area contributed by atoms with Crippen LogP contribution in [0.3, 0.4) is 0 Å². The Morgan fingerprint density at radius 2 is 2.09 bits per heavy atom. The molecule has 0 saturated heterocycles. The first-order valence-corrected chi connectivity index (χ1v) is 11.6. The third-order valence-corrected chi connectivity index (χ3v) is 6.24. The molecule has 0 unspecified atom stereocenters. The number of carbonyl (C=O) groups excluding carboxylic acids is 2. The Balaban J connectivity index is 1.76. The van der Waals surface area contributed by atoms with Gasteiger partial charge in [0, 0.05) is 31.1 Å². The number of ether oxygens (including phenoxy) is 2. The molecule has 0 radical (unpaired) electrons. The second-order valence-corrected chi connectivity index (χ2v) is 8.91. The molecule has 1 aromatic heterocycles. The number of carbonyl (C=O) groups is 2. The van der Waals surface area contributed by atoms with Crippen LogP contribution in [-0.2, 0) is 16.0 Å². The van der Waals surface area contributed by atoms with E-state index in [1.807, 2.05) is 25.3 Å². The fraction of sp³-hybridized carbons (Fsp3) is 0.478. The van der Waals surface area contributed by atoms with Crippen LogP contribution >= 0.6 is 11.3 Å². The highest BCUT2D eigenvalue weighted by Gasteiger charge is 2.33. The van der Waals surface area contributed by atoms with Crippen LogP contribution in [0.25, 0.3) is 0 Å². The van der Waals surface area contributed by atoms with Gasteiger partial charge in [0.2, 0.25) is 5.91 Å². The van der Waals surface area contributed by atoms with Crippen LogP contribution in [0.4, 0.5) is 9.18 Å². The molecule has 1 aliphatic heterocycles. The molecule has 1 atom stereocenters. The van der Waals surface area contributed by atoms with Crippen LogP contribution in [-0.4, -0.2) is 67.7 Å². The number of halogens is 1. The Bertz CT molecular complexity index is 920. The van der Waals surface area contributed by atoms with E-state index in [-0.39, 0.29) is 42.9 Å². The van der Waals surface area contributed by atoms with Crippen molar-refractivity contribution in [3.63, 3.8) is 0 Å². The molecule has 1 aliphatic rings. The Kier molecular flexibility index (Phi) is 8.46. The van der Waals surface area contributed by atoms with Gasteiger partial charge < -0.3 is 24.6 Å². The molecule has 1 N–H and O–H groups in total. The van der Waals surface area contributed by atoms with E-state index >= 15 is 0 Å². The standard InChI is InChI=1S/C23H30FN3O4S/c1-16(2)25-23(29)26(11-12-30-3)14-22(28)27-10-8-21-17(9-13-32-21)19(27)15-31-20-7-5-4-6-18(20)24/h4-7,9,13,16,19H,8,10-12,14-15H2,1-3H3,(H,25,29)/t19-/m1/s1. The van der Waals surface area contributed by atoms with Crippen molar-refractivity contribution in [2.24, 2.45) is 0 Å². The van der Waals surface area contributed by atoms with Crippen molar-refractivity contribution in [3.8, 4) is 5.75 Å². The summed E-state index contributed by atoms with van der Waals surface area (Å²) >= 11 is 1.65. The van der Waals surface area contributed by atoms with Crippen molar-refractivity contribution in [1.82, 2.24) is 15.1 Å².